The maximum atomic E-state index is 12.5. The molecule has 3 aromatic carbocycles. The first-order valence-electron chi connectivity index (χ1n) is 9.91. The topological polar surface area (TPSA) is 92.8 Å². The van der Waals surface area contributed by atoms with E-state index in [0.29, 0.717) is 24.3 Å². The summed E-state index contributed by atoms with van der Waals surface area (Å²) in [5.41, 5.74) is 0.766. The Morgan fingerprint density at radius 1 is 0.903 bits per heavy atom. The van der Waals surface area contributed by atoms with Crippen molar-refractivity contribution in [2.45, 2.75) is 18.7 Å². The van der Waals surface area contributed by atoms with Crippen molar-refractivity contribution in [3.63, 3.8) is 0 Å². The van der Waals surface area contributed by atoms with Crippen molar-refractivity contribution in [2.75, 3.05) is 25.0 Å². The molecule has 31 heavy (non-hydrogen) atoms. The minimum atomic E-state index is -3.56. The number of nitrogens with one attached hydrogen (secondary N) is 1. The van der Waals surface area contributed by atoms with Crippen molar-refractivity contribution in [2.24, 2.45) is 0 Å². The van der Waals surface area contributed by atoms with E-state index in [9.17, 15) is 18.0 Å². The number of carbonyl (C=O) groups is 2. The highest BCUT2D eigenvalue weighted by molar-refractivity contribution is 7.89. The summed E-state index contributed by atoms with van der Waals surface area (Å²) >= 11 is 0. The fraction of sp³-hybridized carbons (Fsp3) is 0.217. The van der Waals surface area contributed by atoms with Crippen molar-refractivity contribution >= 4 is 38.4 Å². The molecular weight excluding hydrogens is 416 g/mol. The molecule has 0 saturated heterocycles. The highest BCUT2D eigenvalue weighted by Gasteiger charge is 2.21. The van der Waals surface area contributed by atoms with Gasteiger partial charge in [0.05, 0.1) is 10.5 Å². The van der Waals surface area contributed by atoms with Crippen LogP contribution in [0.15, 0.2) is 71.6 Å². The SMILES string of the molecule is CCN(CC)S(=O)(=O)c1ccc(NC(=O)COC(=O)c2ccc3ccccc3c2)cc1. The number of esters is 1. The van der Waals surface area contributed by atoms with Crippen LogP contribution in [0.3, 0.4) is 0 Å². The Morgan fingerprint density at radius 2 is 1.55 bits per heavy atom. The number of fused-ring (bicyclic) bond motifs is 1. The van der Waals surface area contributed by atoms with Gasteiger partial charge < -0.3 is 10.1 Å². The van der Waals surface area contributed by atoms with E-state index >= 15 is 0 Å². The third-order valence-electron chi connectivity index (χ3n) is 4.80. The largest absolute Gasteiger partial charge is 0.452 e. The lowest BCUT2D eigenvalue weighted by Gasteiger charge is -2.18. The molecule has 0 atom stereocenters. The molecule has 0 saturated carbocycles. The van der Waals surface area contributed by atoms with Crippen LogP contribution in [0.5, 0.6) is 0 Å². The molecule has 8 heteroatoms. The number of amides is 1. The predicted octanol–water partition coefficient (Wildman–Crippen LogP) is 3.67. The summed E-state index contributed by atoms with van der Waals surface area (Å²) in [6.45, 7) is 3.84. The number of carbonyl (C=O) groups excluding carboxylic acids is 2. The molecule has 0 bridgehead atoms. The number of anilines is 1. The summed E-state index contributed by atoms with van der Waals surface area (Å²) in [6, 6.07) is 18.7. The lowest BCUT2D eigenvalue weighted by atomic mass is 10.1. The van der Waals surface area contributed by atoms with Crippen LogP contribution < -0.4 is 5.32 Å². The molecule has 0 aliphatic rings. The fourth-order valence-electron chi connectivity index (χ4n) is 3.15. The monoisotopic (exact) mass is 440 g/mol. The molecule has 3 rings (SSSR count). The molecule has 1 N–H and O–H groups in total. The second kappa shape index (κ2) is 9.72. The van der Waals surface area contributed by atoms with E-state index in [2.05, 4.69) is 5.32 Å². The van der Waals surface area contributed by atoms with Crippen LogP contribution in [0.25, 0.3) is 10.8 Å². The van der Waals surface area contributed by atoms with Gasteiger partial charge in [0.2, 0.25) is 10.0 Å². The third-order valence-corrected chi connectivity index (χ3v) is 6.86. The van der Waals surface area contributed by atoms with E-state index in [-0.39, 0.29) is 4.90 Å². The zero-order valence-corrected chi connectivity index (χ0v) is 18.2. The van der Waals surface area contributed by atoms with Gasteiger partial charge in [-0.25, -0.2) is 13.2 Å². The first kappa shape index (κ1) is 22.5. The number of sulfonamides is 1. The zero-order chi connectivity index (χ0) is 22.4. The van der Waals surface area contributed by atoms with Crippen molar-refractivity contribution in [3.05, 3.63) is 72.3 Å². The Morgan fingerprint density at radius 3 is 2.19 bits per heavy atom. The zero-order valence-electron chi connectivity index (χ0n) is 17.4. The van der Waals surface area contributed by atoms with Gasteiger partial charge in [0.1, 0.15) is 0 Å². The standard InChI is InChI=1S/C23H24N2O5S/c1-3-25(4-2)31(28,29)21-13-11-20(12-14-21)24-22(26)16-30-23(27)19-10-9-17-7-5-6-8-18(17)15-19/h5-15H,3-4,16H2,1-2H3,(H,24,26). The van der Waals surface area contributed by atoms with Crippen LogP contribution in [0.1, 0.15) is 24.2 Å². The van der Waals surface area contributed by atoms with E-state index in [1.165, 1.54) is 28.6 Å². The van der Waals surface area contributed by atoms with Crippen molar-refractivity contribution in [3.8, 4) is 0 Å². The Balaban J connectivity index is 1.58. The highest BCUT2D eigenvalue weighted by atomic mass is 32.2. The molecule has 0 aromatic heterocycles. The molecule has 162 valence electrons. The molecule has 0 aliphatic carbocycles. The number of hydrogen-bond donors (Lipinski definition) is 1. The van der Waals surface area contributed by atoms with Crippen LogP contribution in [0.2, 0.25) is 0 Å². The van der Waals surface area contributed by atoms with Gasteiger partial charge in [-0.3, -0.25) is 4.79 Å². The molecular formula is C23H24N2O5S. The van der Waals surface area contributed by atoms with Crippen LogP contribution in [-0.4, -0.2) is 44.3 Å². The van der Waals surface area contributed by atoms with Gasteiger partial charge in [-0.1, -0.05) is 44.2 Å². The van der Waals surface area contributed by atoms with Gasteiger partial charge >= 0.3 is 5.97 Å². The minimum absolute atomic E-state index is 0.150. The molecule has 0 heterocycles. The summed E-state index contributed by atoms with van der Waals surface area (Å²) in [7, 11) is -3.56. The molecule has 7 nitrogen and oxygen atoms in total. The summed E-state index contributed by atoms with van der Waals surface area (Å²) in [6.07, 6.45) is 0. The second-order valence-corrected chi connectivity index (χ2v) is 8.74. The maximum Gasteiger partial charge on any atom is 0.338 e. The number of benzene rings is 3. The van der Waals surface area contributed by atoms with Crippen LogP contribution in [0.4, 0.5) is 5.69 Å². The molecule has 1 amide bonds. The van der Waals surface area contributed by atoms with Crippen LogP contribution in [-0.2, 0) is 19.6 Å². The second-order valence-electron chi connectivity index (χ2n) is 6.80. The van der Waals surface area contributed by atoms with Crippen LogP contribution >= 0.6 is 0 Å². The number of rotatable bonds is 8. The Hall–Kier alpha value is -3.23. The first-order valence-corrected chi connectivity index (χ1v) is 11.3. The van der Waals surface area contributed by atoms with Crippen molar-refractivity contribution in [1.82, 2.24) is 4.31 Å². The van der Waals surface area contributed by atoms with Gasteiger partial charge in [0, 0.05) is 18.8 Å². The molecule has 0 aliphatic heterocycles. The quantitative estimate of drug-likeness (QED) is 0.540. The van der Waals surface area contributed by atoms with Crippen molar-refractivity contribution in [1.29, 1.82) is 0 Å². The molecule has 0 fully saturated rings. The minimum Gasteiger partial charge on any atom is -0.452 e. The maximum absolute atomic E-state index is 12.5. The Kier molecular flexibility index (Phi) is 7.04. The Labute approximate surface area is 181 Å². The highest BCUT2D eigenvalue weighted by Crippen LogP contribution is 2.19. The number of hydrogen-bond acceptors (Lipinski definition) is 5. The smallest absolute Gasteiger partial charge is 0.338 e. The lowest BCUT2D eigenvalue weighted by Crippen LogP contribution is -2.30. The van der Waals surface area contributed by atoms with E-state index in [1.54, 1.807) is 26.0 Å². The predicted molar refractivity (Wildman–Crippen MR) is 119 cm³/mol. The molecule has 3 aromatic rings. The van der Waals surface area contributed by atoms with E-state index in [0.717, 1.165) is 10.8 Å². The molecule has 0 unspecified atom stereocenters. The summed E-state index contributed by atoms with van der Waals surface area (Å²) in [5.74, 6) is -1.12. The summed E-state index contributed by atoms with van der Waals surface area (Å²) < 4.78 is 31.5. The lowest BCUT2D eigenvalue weighted by molar-refractivity contribution is -0.119. The normalized spacial score (nSPS) is 11.5. The van der Waals surface area contributed by atoms with Gasteiger partial charge in [0.25, 0.3) is 5.91 Å². The first-order chi connectivity index (χ1) is 14.8. The molecule has 0 spiro atoms. The van der Waals surface area contributed by atoms with E-state index in [1.807, 2.05) is 30.3 Å². The van der Waals surface area contributed by atoms with Crippen molar-refractivity contribution < 1.29 is 22.7 Å². The number of ether oxygens (including phenoxy) is 1. The third kappa shape index (κ3) is 5.28. The van der Waals surface area contributed by atoms with Gasteiger partial charge in [-0.05, 0) is 47.2 Å². The number of nitrogens with zero attached hydrogens (tertiary/aromatic N) is 1. The average molecular weight is 441 g/mol. The Bertz CT molecular complexity index is 1190. The fourth-order valence-corrected chi connectivity index (χ4v) is 4.61. The van der Waals surface area contributed by atoms with Crippen LogP contribution in [0, 0.1) is 0 Å². The van der Waals surface area contributed by atoms with Gasteiger partial charge in [0.15, 0.2) is 6.61 Å². The summed E-state index contributed by atoms with van der Waals surface area (Å²) in [5, 5.41) is 4.50. The summed E-state index contributed by atoms with van der Waals surface area (Å²) in [4.78, 5) is 24.5. The van der Waals surface area contributed by atoms with Gasteiger partial charge in [-0.15, -0.1) is 0 Å². The average Bonchev–Trinajstić information content (AvgIpc) is 2.78. The van der Waals surface area contributed by atoms with E-state index in [4.69, 9.17) is 4.74 Å². The molecule has 0 radical (unpaired) electrons. The van der Waals surface area contributed by atoms with E-state index < -0.39 is 28.5 Å². The van der Waals surface area contributed by atoms with Gasteiger partial charge in [-0.2, -0.15) is 4.31 Å².